The Kier molecular flexibility index (Phi) is 4.97. The molecule has 0 saturated heterocycles. The van der Waals surface area contributed by atoms with Crippen molar-refractivity contribution in [2.45, 2.75) is 26.4 Å². The first-order valence-electron chi connectivity index (χ1n) is 5.76. The minimum atomic E-state index is -0.385. The molecule has 1 rings (SSSR count). The van der Waals surface area contributed by atoms with Gasteiger partial charge in [-0.15, -0.1) is 0 Å². The average molecular weight is 236 g/mol. The minimum absolute atomic E-state index is 0.158. The maximum atomic E-state index is 11.7. The summed E-state index contributed by atoms with van der Waals surface area (Å²) in [6.45, 7) is 4.25. The first kappa shape index (κ1) is 13.5. The molecule has 0 aliphatic heterocycles. The summed E-state index contributed by atoms with van der Waals surface area (Å²) in [5.74, 6) is 0. The van der Waals surface area contributed by atoms with E-state index < -0.39 is 0 Å². The number of carbonyl (C=O) groups excluding carboxylic acids is 1. The van der Waals surface area contributed by atoms with Crippen LogP contribution in [0, 0.1) is 6.92 Å². The summed E-state index contributed by atoms with van der Waals surface area (Å²) >= 11 is 0. The van der Waals surface area contributed by atoms with Crippen LogP contribution in [0.1, 0.15) is 18.9 Å². The van der Waals surface area contributed by atoms with Crippen molar-refractivity contribution >= 4 is 11.7 Å². The highest BCUT2D eigenvalue weighted by atomic mass is 16.3. The predicted molar refractivity (Wildman–Crippen MR) is 69.1 cm³/mol. The van der Waals surface area contributed by atoms with Crippen LogP contribution in [0.5, 0.6) is 0 Å². The van der Waals surface area contributed by atoms with Gasteiger partial charge in [0.2, 0.25) is 0 Å². The van der Waals surface area contributed by atoms with Crippen molar-refractivity contribution in [3.63, 3.8) is 0 Å². The number of nitrogens with one attached hydrogen (secondary N) is 1. The molecule has 0 spiro atoms. The second-order valence-corrected chi connectivity index (χ2v) is 4.36. The van der Waals surface area contributed by atoms with Gasteiger partial charge in [-0.25, -0.2) is 4.79 Å². The molecule has 0 aromatic heterocycles. The predicted octanol–water partition coefficient (Wildman–Crippen LogP) is 2.23. The molecule has 0 radical (unpaired) electrons. The lowest BCUT2D eigenvalue weighted by atomic mass is 10.2. The van der Waals surface area contributed by atoms with Crippen LogP contribution in [0.15, 0.2) is 24.3 Å². The Bertz CT molecular complexity index is 360. The van der Waals surface area contributed by atoms with Crippen LogP contribution in [-0.2, 0) is 0 Å². The van der Waals surface area contributed by atoms with Crippen LogP contribution in [-0.4, -0.2) is 35.7 Å². The third-order valence-corrected chi connectivity index (χ3v) is 2.53. The van der Waals surface area contributed by atoms with Gasteiger partial charge in [0, 0.05) is 19.3 Å². The molecule has 1 aromatic rings. The summed E-state index contributed by atoms with van der Waals surface area (Å²) in [6.07, 6.45) is 0.197. The quantitative estimate of drug-likeness (QED) is 0.842. The monoisotopic (exact) mass is 236 g/mol. The highest BCUT2D eigenvalue weighted by molar-refractivity contribution is 5.89. The smallest absolute Gasteiger partial charge is 0.321 e. The molecule has 4 heteroatoms. The Balaban J connectivity index is 2.45. The molecule has 0 fully saturated rings. The van der Waals surface area contributed by atoms with E-state index in [2.05, 4.69) is 5.32 Å². The SMILES string of the molecule is Cc1ccc(NC(=O)N(C)CCC(C)O)cc1. The minimum Gasteiger partial charge on any atom is -0.393 e. The zero-order valence-corrected chi connectivity index (χ0v) is 10.6. The van der Waals surface area contributed by atoms with E-state index in [4.69, 9.17) is 5.11 Å². The van der Waals surface area contributed by atoms with Crippen LogP contribution < -0.4 is 5.32 Å². The molecular formula is C13H20N2O2. The van der Waals surface area contributed by atoms with E-state index >= 15 is 0 Å². The fourth-order valence-corrected chi connectivity index (χ4v) is 1.34. The Morgan fingerprint density at radius 2 is 2.00 bits per heavy atom. The van der Waals surface area contributed by atoms with E-state index in [1.165, 1.54) is 0 Å². The largest absolute Gasteiger partial charge is 0.393 e. The fraction of sp³-hybridized carbons (Fsp3) is 0.462. The number of aliphatic hydroxyl groups is 1. The molecule has 1 unspecified atom stereocenters. The zero-order chi connectivity index (χ0) is 12.8. The number of amides is 2. The maximum absolute atomic E-state index is 11.7. The van der Waals surface area contributed by atoms with Crippen LogP contribution in [0.3, 0.4) is 0 Å². The van der Waals surface area contributed by atoms with Crippen molar-refractivity contribution < 1.29 is 9.90 Å². The van der Waals surface area contributed by atoms with Crippen LogP contribution >= 0.6 is 0 Å². The molecule has 4 nitrogen and oxygen atoms in total. The second-order valence-electron chi connectivity index (χ2n) is 4.36. The Morgan fingerprint density at radius 3 is 2.53 bits per heavy atom. The van der Waals surface area contributed by atoms with E-state index in [1.807, 2.05) is 31.2 Å². The molecule has 0 aliphatic carbocycles. The van der Waals surface area contributed by atoms with E-state index in [1.54, 1.807) is 18.9 Å². The van der Waals surface area contributed by atoms with Gasteiger partial charge < -0.3 is 15.3 Å². The van der Waals surface area contributed by atoms with Crippen molar-refractivity contribution in [2.75, 3.05) is 18.9 Å². The number of hydrogen-bond donors (Lipinski definition) is 2. The zero-order valence-electron chi connectivity index (χ0n) is 10.6. The van der Waals surface area contributed by atoms with Gasteiger partial charge in [0.1, 0.15) is 0 Å². The molecule has 0 heterocycles. The fourth-order valence-electron chi connectivity index (χ4n) is 1.34. The molecule has 2 N–H and O–H groups in total. The maximum Gasteiger partial charge on any atom is 0.321 e. The van der Waals surface area contributed by atoms with Gasteiger partial charge >= 0.3 is 6.03 Å². The first-order valence-corrected chi connectivity index (χ1v) is 5.76. The highest BCUT2D eigenvalue weighted by Gasteiger charge is 2.09. The van der Waals surface area contributed by atoms with Crippen molar-refractivity contribution in [3.8, 4) is 0 Å². The summed E-state index contributed by atoms with van der Waals surface area (Å²) in [7, 11) is 1.71. The number of benzene rings is 1. The molecule has 1 aromatic carbocycles. The topological polar surface area (TPSA) is 52.6 Å². The molecule has 94 valence electrons. The molecule has 17 heavy (non-hydrogen) atoms. The number of aliphatic hydroxyl groups excluding tert-OH is 1. The number of hydrogen-bond acceptors (Lipinski definition) is 2. The second kappa shape index (κ2) is 6.25. The molecule has 2 amide bonds. The van der Waals surface area contributed by atoms with Crippen molar-refractivity contribution in [1.82, 2.24) is 4.90 Å². The average Bonchev–Trinajstić information content (AvgIpc) is 2.28. The van der Waals surface area contributed by atoms with E-state index in [0.717, 1.165) is 11.3 Å². The summed E-state index contributed by atoms with van der Waals surface area (Å²) in [5.41, 5.74) is 1.94. The van der Waals surface area contributed by atoms with Crippen LogP contribution in [0.4, 0.5) is 10.5 Å². The normalized spacial score (nSPS) is 12.0. The van der Waals surface area contributed by atoms with E-state index in [0.29, 0.717) is 13.0 Å². The Labute approximate surface area is 102 Å². The summed E-state index contributed by atoms with van der Waals surface area (Å²) in [4.78, 5) is 13.3. The number of carbonyl (C=O) groups is 1. The number of nitrogens with zero attached hydrogens (tertiary/aromatic N) is 1. The third kappa shape index (κ3) is 4.87. The number of rotatable bonds is 4. The van der Waals surface area contributed by atoms with Gasteiger partial charge in [0.25, 0.3) is 0 Å². The van der Waals surface area contributed by atoms with Gasteiger partial charge in [-0.2, -0.15) is 0 Å². The molecule has 0 bridgehead atoms. The number of urea groups is 1. The van der Waals surface area contributed by atoms with Gasteiger partial charge in [-0.1, -0.05) is 17.7 Å². The molecular weight excluding hydrogens is 216 g/mol. The van der Waals surface area contributed by atoms with Crippen molar-refractivity contribution in [3.05, 3.63) is 29.8 Å². The van der Waals surface area contributed by atoms with Gasteiger partial charge in [-0.3, -0.25) is 0 Å². The first-order chi connectivity index (χ1) is 7.99. The lowest BCUT2D eigenvalue weighted by molar-refractivity contribution is 0.167. The van der Waals surface area contributed by atoms with Gasteiger partial charge in [0.05, 0.1) is 6.10 Å². The Morgan fingerprint density at radius 1 is 1.41 bits per heavy atom. The highest BCUT2D eigenvalue weighted by Crippen LogP contribution is 2.09. The van der Waals surface area contributed by atoms with E-state index in [-0.39, 0.29) is 12.1 Å². The summed E-state index contributed by atoms with van der Waals surface area (Å²) < 4.78 is 0. The molecule has 0 saturated carbocycles. The van der Waals surface area contributed by atoms with Crippen molar-refractivity contribution in [2.24, 2.45) is 0 Å². The molecule has 1 atom stereocenters. The standard InChI is InChI=1S/C13H20N2O2/c1-10-4-6-12(7-5-10)14-13(17)15(3)9-8-11(2)16/h4-7,11,16H,8-9H2,1-3H3,(H,14,17). The lowest BCUT2D eigenvalue weighted by Gasteiger charge is -2.18. The Hall–Kier alpha value is -1.55. The van der Waals surface area contributed by atoms with Gasteiger partial charge in [0.15, 0.2) is 0 Å². The van der Waals surface area contributed by atoms with Crippen molar-refractivity contribution in [1.29, 1.82) is 0 Å². The van der Waals surface area contributed by atoms with Gasteiger partial charge in [-0.05, 0) is 32.4 Å². The summed E-state index contributed by atoms with van der Waals surface area (Å²) in [5, 5.41) is 11.9. The summed E-state index contributed by atoms with van der Waals surface area (Å²) in [6, 6.07) is 7.48. The third-order valence-electron chi connectivity index (χ3n) is 2.53. The van der Waals surface area contributed by atoms with E-state index in [9.17, 15) is 4.79 Å². The van der Waals surface area contributed by atoms with Crippen LogP contribution in [0.25, 0.3) is 0 Å². The van der Waals surface area contributed by atoms with Crippen LogP contribution in [0.2, 0.25) is 0 Å². The lowest BCUT2D eigenvalue weighted by Crippen LogP contribution is -2.33. The number of anilines is 1. The molecule has 0 aliphatic rings. The number of aryl methyl sites for hydroxylation is 1.